The fraction of sp³-hybridized carbons (Fsp3) is 0.200. The van der Waals surface area contributed by atoms with Gasteiger partial charge in [-0.2, -0.15) is 0 Å². The fourth-order valence-electron chi connectivity index (χ4n) is 4.12. The van der Waals surface area contributed by atoms with E-state index >= 15 is 0 Å². The largest absolute Gasteiger partial charge is 0.497 e. The highest BCUT2D eigenvalue weighted by atomic mass is 35.5. The zero-order chi connectivity index (χ0) is 30.9. The molecule has 1 aromatic heterocycles. The number of ether oxygens (including phenoxy) is 2. The van der Waals surface area contributed by atoms with Gasteiger partial charge >= 0.3 is 0 Å². The second kappa shape index (κ2) is 14.1. The summed E-state index contributed by atoms with van der Waals surface area (Å²) in [5.74, 6) is 1.78. The third-order valence-corrected chi connectivity index (χ3v) is 6.48. The first kappa shape index (κ1) is 30.7. The van der Waals surface area contributed by atoms with E-state index in [2.05, 4.69) is 20.8 Å². The molecule has 12 nitrogen and oxygen atoms in total. The highest BCUT2D eigenvalue weighted by Gasteiger charge is 2.22. The summed E-state index contributed by atoms with van der Waals surface area (Å²) in [7, 11) is 1.66. The van der Waals surface area contributed by atoms with Gasteiger partial charge in [-0.3, -0.25) is 23.9 Å². The number of carbonyl (C=O) groups excluding carboxylic acids is 3. The predicted octanol–water partition coefficient (Wildman–Crippen LogP) is 2.96. The number of hydrogen-bond acceptors (Lipinski definition) is 8. The molecule has 0 saturated carbocycles. The number of nitrogens with zero attached hydrogens (tertiary/aromatic N) is 4. The summed E-state index contributed by atoms with van der Waals surface area (Å²) in [5.41, 5.74) is 9.35. The Balaban J connectivity index is 0.000000204. The van der Waals surface area contributed by atoms with Crippen LogP contribution in [0.3, 0.4) is 0 Å². The predicted molar refractivity (Wildman–Crippen MR) is 161 cm³/mol. The number of carbonyl (C=O) groups is 3. The molecule has 0 saturated heterocycles. The van der Waals surface area contributed by atoms with Crippen LogP contribution in [0.15, 0.2) is 71.7 Å². The minimum atomic E-state index is -0.518. The third kappa shape index (κ3) is 7.95. The van der Waals surface area contributed by atoms with Gasteiger partial charge in [-0.25, -0.2) is 0 Å². The number of halogens is 1. The molecule has 1 aliphatic heterocycles. The van der Waals surface area contributed by atoms with E-state index in [1.165, 1.54) is 19.1 Å². The normalized spacial score (nSPS) is 11.4. The van der Waals surface area contributed by atoms with Crippen molar-refractivity contribution in [1.29, 1.82) is 0 Å². The topological polar surface area (TPSA) is 163 Å². The van der Waals surface area contributed by atoms with Gasteiger partial charge in [-0.1, -0.05) is 23.7 Å². The second-order valence-electron chi connectivity index (χ2n) is 9.24. The number of aliphatic imine (C=N–C) groups is 1. The first-order valence-electron chi connectivity index (χ1n) is 13.1. The minimum Gasteiger partial charge on any atom is -0.497 e. The number of primary amides is 1. The average molecular weight is 604 g/mol. The first-order chi connectivity index (χ1) is 20.7. The van der Waals surface area contributed by atoms with Crippen LogP contribution in [0.1, 0.15) is 40.1 Å². The lowest BCUT2D eigenvalue weighted by Crippen LogP contribution is -2.37. The van der Waals surface area contributed by atoms with Gasteiger partial charge in [0.15, 0.2) is 12.6 Å². The number of amides is 3. The Morgan fingerprint density at radius 2 is 1.67 bits per heavy atom. The molecule has 0 atom stereocenters. The van der Waals surface area contributed by atoms with Crippen molar-refractivity contribution in [2.24, 2.45) is 10.7 Å². The number of nitrogens with one attached hydrogen (secondary N) is 2. The highest BCUT2D eigenvalue weighted by Crippen LogP contribution is 2.29. The summed E-state index contributed by atoms with van der Waals surface area (Å²) in [4.78, 5) is 37.4. The molecule has 13 heteroatoms. The number of fused-ring (bicyclic) bond motifs is 3. The maximum absolute atomic E-state index is 11.2. The van der Waals surface area contributed by atoms with Crippen molar-refractivity contribution in [3.8, 4) is 17.2 Å². The molecule has 0 spiro atoms. The van der Waals surface area contributed by atoms with Crippen LogP contribution >= 0.6 is 11.6 Å². The van der Waals surface area contributed by atoms with Crippen LogP contribution in [-0.2, 0) is 16.1 Å². The van der Waals surface area contributed by atoms with E-state index in [1.807, 2.05) is 54.0 Å². The molecule has 0 unspecified atom stereocenters. The zero-order valence-electron chi connectivity index (χ0n) is 23.8. The number of nitrogens with two attached hydrogens (primary N) is 1. The number of hydrogen-bond donors (Lipinski definition) is 3. The molecule has 2 heterocycles. The minimum absolute atomic E-state index is 0.0334. The van der Waals surface area contributed by atoms with Crippen LogP contribution in [0.4, 0.5) is 0 Å². The van der Waals surface area contributed by atoms with Gasteiger partial charge in [0.05, 0.1) is 25.1 Å². The molecule has 222 valence electrons. The lowest BCUT2D eigenvalue weighted by molar-refractivity contribution is -0.125. The van der Waals surface area contributed by atoms with Gasteiger partial charge in [0.25, 0.3) is 0 Å². The van der Waals surface area contributed by atoms with E-state index in [0.29, 0.717) is 22.9 Å². The van der Waals surface area contributed by atoms with Crippen LogP contribution in [0.25, 0.3) is 5.69 Å². The molecule has 1 aliphatic rings. The first-order valence-corrected chi connectivity index (χ1v) is 13.5. The number of aromatic nitrogens is 3. The summed E-state index contributed by atoms with van der Waals surface area (Å²) in [5, 5.41) is 14.0. The highest BCUT2D eigenvalue weighted by molar-refractivity contribution is 6.30. The smallest absolute Gasteiger partial charge is 0.248 e. The molecule has 43 heavy (non-hydrogen) atoms. The molecule has 0 fully saturated rings. The van der Waals surface area contributed by atoms with E-state index in [-0.39, 0.29) is 25.1 Å². The molecule has 4 aromatic rings. The maximum Gasteiger partial charge on any atom is 0.248 e. The SMILES string of the molecule is CC(=O)NCC(=O)NCOc1ccc(C(N)=O)cc1.COc1ccc2c(c1)C(c1ccc(Cl)cc1)=NCc1nnc(C)n1-2. The molecular weight excluding hydrogens is 574 g/mol. The van der Waals surface area contributed by atoms with Crippen molar-refractivity contribution < 1.29 is 23.9 Å². The molecule has 0 aliphatic carbocycles. The number of benzene rings is 3. The van der Waals surface area contributed by atoms with Crippen LogP contribution < -0.4 is 25.8 Å². The fourth-order valence-corrected chi connectivity index (χ4v) is 4.25. The standard InChI is InChI=1S/C18H15ClN4O.C12H15N3O4/c1-11-21-22-17-10-20-18(12-3-5-13(19)6-4-12)15-9-14(24-2)7-8-16(15)23(11)17;1-8(16)14-6-11(17)15-7-19-10-4-2-9(3-5-10)12(13)18/h3-9H,10H2,1-2H3;2-5H,6-7H2,1H3,(H2,13,18)(H,14,16)(H,15,17). The van der Waals surface area contributed by atoms with E-state index in [0.717, 1.165) is 39.9 Å². The number of rotatable bonds is 8. The van der Waals surface area contributed by atoms with E-state index < -0.39 is 5.91 Å². The van der Waals surface area contributed by atoms with Crippen LogP contribution in [0.5, 0.6) is 11.5 Å². The summed E-state index contributed by atoms with van der Waals surface area (Å²) < 4.78 is 12.7. The van der Waals surface area contributed by atoms with Crippen molar-refractivity contribution in [2.45, 2.75) is 20.4 Å². The van der Waals surface area contributed by atoms with Gasteiger partial charge in [-0.05, 0) is 61.5 Å². The Morgan fingerprint density at radius 1 is 0.977 bits per heavy atom. The Hall–Kier alpha value is -5.23. The van der Waals surface area contributed by atoms with Crippen molar-refractivity contribution in [1.82, 2.24) is 25.4 Å². The van der Waals surface area contributed by atoms with Crippen LogP contribution in [0.2, 0.25) is 5.02 Å². The molecule has 3 aromatic carbocycles. The monoisotopic (exact) mass is 603 g/mol. The Bertz CT molecular complexity index is 1650. The maximum atomic E-state index is 11.2. The quantitative estimate of drug-likeness (QED) is 0.261. The molecular formula is C30H30ClN7O5. The summed E-state index contributed by atoms with van der Waals surface area (Å²) in [6, 6.07) is 19.8. The van der Waals surface area contributed by atoms with Gasteiger partial charge in [-0.15, -0.1) is 10.2 Å². The summed E-state index contributed by atoms with van der Waals surface area (Å²) in [6.45, 7) is 3.60. The van der Waals surface area contributed by atoms with Crippen molar-refractivity contribution >= 4 is 35.0 Å². The van der Waals surface area contributed by atoms with Gasteiger partial charge < -0.3 is 25.8 Å². The van der Waals surface area contributed by atoms with Gasteiger partial charge in [0, 0.05) is 28.6 Å². The molecule has 0 radical (unpaired) electrons. The van der Waals surface area contributed by atoms with E-state index in [9.17, 15) is 14.4 Å². The Labute approximate surface area is 252 Å². The van der Waals surface area contributed by atoms with Gasteiger partial charge in [0.1, 0.15) is 23.9 Å². The average Bonchev–Trinajstić information content (AvgIpc) is 3.28. The zero-order valence-corrected chi connectivity index (χ0v) is 24.5. The van der Waals surface area contributed by atoms with Crippen molar-refractivity contribution in [3.63, 3.8) is 0 Å². The van der Waals surface area contributed by atoms with Gasteiger partial charge in [0.2, 0.25) is 17.7 Å². The van der Waals surface area contributed by atoms with Crippen LogP contribution in [-0.4, -0.2) is 58.6 Å². The van der Waals surface area contributed by atoms with Crippen molar-refractivity contribution in [2.75, 3.05) is 20.4 Å². The summed E-state index contributed by atoms with van der Waals surface area (Å²) in [6.07, 6.45) is 0. The Kier molecular flexibility index (Phi) is 10.1. The summed E-state index contributed by atoms with van der Waals surface area (Å²) >= 11 is 6.02. The molecule has 5 rings (SSSR count). The lowest BCUT2D eigenvalue weighted by atomic mass is 10.00. The number of methoxy groups -OCH3 is 1. The lowest BCUT2D eigenvalue weighted by Gasteiger charge is -2.14. The van der Waals surface area contributed by atoms with Crippen LogP contribution in [0, 0.1) is 6.92 Å². The second-order valence-corrected chi connectivity index (χ2v) is 9.68. The number of aryl methyl sites for hydroxylation is 1. The molecule has 0 bridgehead atoms. The molecule has 4 N–H and O–H groups in total. The van der Waals surface area contributed by atoms with E-state index in [1.54, 1.807) is 19.2 Å². The molecule has 3 amide bonds. The van der Waals surface area contributed by atoms with Crippen molar-refractivity contribution in [3.05, 3.63) is 100 Å². The van der Waals surface area contributed by atoms with E-state index in [4.69, 9.17) is 31.8 Å². The third-order valence-electron chi connectivity index (χ3n) is 6.23. The Morgan fingerprint density at radius 3 is 2.33 bits per heavy atom.